The Kier molecular flexibility index (Phi) is 5.50. The van der Waals surface area contributed by atoms with E-state index < -0.39 is 0 Å². The molecule has 0 radical (unpaired) electrons. The molecule has 0 fully saturated rings. The third-order valence-corrected chi connectivity index (χ3v) is 3.23. The topological polar surface area (TPSA) is 37.0 Å². The molecule has 0 bridgehead atoms. The average molecular weight is 285 g/mol. The largest absolute Gasteiger partial charge is 0.362 e. The highest BCUT2D eigenvalue weighted by Gasteiger charge is 1.99. The van der Waals surface area contributed by atoms with Crippen molar-refractivity contribution in [2.45, 2.75) is 19.8 Å². The van der Waals surface area contributed by atoms with Gasteiger partial charge in [0.15, 0.2) is 5.11 Å². The normalized spacial score (nSPS) is 10.1. The lowest BCUT2D eigenvalue weighted by Gasteiger charge is -2.11. The second-order valence-corrected chi connectivity index (χ2v) is 4.91. The van der Waals surface area contributed by atoms with E-state index in [-0.39, 0.29) is 0 Å². The first kappa shape index (κ1) is 14.5. The lowest BCUT2D eigenvalue weighted by Crippen LogP contribution is -2.30. The first-order valence-corrected chi connectivity index (χ1v) is 7.22. The third kappa shape index (κ3) is 4.63. The minimum Gasteiger partial charge on any atom is -0.362 e. The molecule has 0 unspecified atom stereocenters. The quantitative estimate of drug-likeness (QED) is 0.827. The van der Waals surface area contributed by atoms with Gasteiger partial charge < -0.3 is 10.6 Å². The van der Waals surface area contributed by atoms with Crippen LogP contribution in [0.1, 0.15) is 18.2 Å². The van der Waals surface area contributed by atoms with E-state index in [1.54, 1.807) is 0 Å². The number of rotatable bonds is 5. The fraction of sp³-hybridized carbons (Fsp3) is 0.250. The molecule has 0 spiro atoms. The molecule has 0 aliphatic carbocycles. The highest BCUT2D eigenvalue weighted by Crippen LogP contribution is 2.10. The second kappa shape index (κ2) is 7.60. The summed E-state index contributed by atoms with van der Waals surface area (Å²) in [6.45, 7) is 2.92. The van der Waals surface area contributed by atoms with Crippen molar-refractivity contribution in [2.75, 3.05) is 11.9 Å². The zero-order chi connectivity index (χ0) is 14.2. The van der Waals surface area contributed by atoms with Crippen LogP contribution in [0.3, 0.4) is 0 Å². The Morgan fingerprint density at radius 1 is 1.20 bits per heavy atom. The summed E-state index contributed by atoms with van der Waals surface area (Å²) in [6, 6.07) is 14.2. The second-order valence-electron chi connectivity index (χ2n) is 4.51. The van der Waals surface area contributed by atoms with E-state index in [1.165, 1.54) is 5.56 Å². The smallest absolute Gasteiger partial charge is 0.170 e. The summed E-state index contributed by atoms with van der Waals surface area (Å²) in [6.07, 6.45) is 3.69. The first-order chi connectivity index (χ1) is 9.78. The van der Waals surface area contributed by atoms with Crippen molar-refractivity contribution in [3.05, 3.63) is 59.9 Å². The fourth-order valence-corrected chi connectivity index (χ4v) is 2.11. The summed E-state index contributed by atoms with van der Waals surface area (Å²) >= 11 is 5.29. The molecule has 0 aliphatic rings. The standard InChI is InChI=1S/C16H19N3S/c1-2-13-6-5-8-15(12-13)19-16(20)18-11-9-14-7-3-4-10-17-14/h3-8,10,12H,2,9,11H2,1H3,(H2,18,19,20). The number of pyridine rings is 1. The predicted molar refractivity (Wildman–Crippen MR) is 88.0 cm³/mol. The van der Waals surface area contributed by atoms with Gasteiger partial charge in [0.25, 0.3) is 0 Å². The predicted octanol–water partition coefficient (Wildman–Crippen LogP) is 3.17. The molecule has 0 atom stereocenters. The zero-order valence-corrected chi connectivity index (χ0v) is 12.4. The van der Waals surface area contributed by atoms with Gasteiger partial charge in [-0.2, -0.15) is 0 Å². The zero-order valence-electron chi connectivity index (χ0n) is 11.6. The number of nitrogens with zero attached hydrogens (tertiary/aromatic N) is 1. The van der Waals surface area contributed by atoms with Crippen LogP contribution in [0.15, 0.2) is 48.7 Å². The molecule has 1 aromatic heterocycles. The molecule has 20 heavy (non-hydrogen) atoms. The summed E-state index contributed by atoms with van der Waals surface area (Å²) < 4.78 is 0. The van der Waals surface area contributed by atoms with Crippen molar-refractivity contribution in [3.8, 4) is 0 Å². The van der Waals surface area contributed by atoms with Crippen molar-refractivity contribution >= 4 is 23.0 Å². The summed E-state index contributed by atoms with van der Waals surface area (Å²) in [5, 5.41) is 7.05. The van der Waals surface area contributed by atoms with Crippen LogP contribution in [0.25, 0.3) is 0 Å². The molecule has 3 nitrogen and oxygen atoms in total. The van der Waals surface area contributed by atoms with Crippen LogP contribution in [0.5, 0.6) is 0 Å². The molecular weight excluding hydrogens is 266 g/mol. The molecule has 2 rings (SSSR count). The minimum absolute atomic E-state index is 0.647. The van der Waals surface area contributed by atoms with Crippen molar-refractivity contribution in [3.63, 3.8) is 0 Å². The Balaban J connectivity index is 1.77. The van der Waals surface area contributed by atoms with E-state index in [4.69, 9.17) is 12.2 Å². The van der Waals surface area contributed by atoms with Gasteiger partial charge in [-0.15, -0.1) is 0 Å². The molecule has 1 aromatic carbocycles. The van der Waals surface area contributed by atoms with Gasteiger partial charge in [-0.05, 0) is 48.5 Å². The van der Waals surface area contributed by atoms with E-state index in [0.717, 1.165) is 30.8 Å². The molecule has 2 N–H and O–H groups in total. The van der Waals surface area contributed by atoms with E-state index in [2.05, 4.69) is 34.7 Å². The maximum absolute atomic E-state index is 5.29. The lowest BCUT2D eigenvalue weighted by molar-refractivity contribution is 0.847. The Morgan fingerprint density at radius 3 is 2.85 bits per heavy atom. The van der Waals surface area contributed by atoms with E-state index in [1.807, 2.05) is 36.5 Å². The van der Waals surface area contributed by atoms with Crippen molar-refractivity contribution in [1.82, 2.24) is 10.3 Å². The molecule has 0 aliphatic heterocycles. The highest BCUT2D eigenvalue weighted by atomic mass is 32.1. The molecule has 1 heterocycles. The third-order valence-electron chi connectivity index (χ3n) is 2.99. The van der Waals surface area contributed by atoms with Gasteiger partial charge in [-0.25, -0.2) is 0 Å². The number of aryl methyl sites for hydroxylation is 1. The number of hydrogen-bond acceptors (Lipinski definition) is 2. The van der Waals surface area contributed by atoms with Crippen LogP contribution >= 0.6 is 12.2 Å². The summed E-state index contributed by atoms with van der Waals surface area (Å²) in [7, 11) is 0. The molecule has 0 saturated carbocycles. The highest BCUT2D eigenvalue weighted by molar-refractivity contribution is 7.80. The number of hydrogen-bond donors (Lipinski definition) is 2. The first-order valence-electron chi connectivity index (χ1n) is 6.81. The van der Waals surface area contributed by atoms with E-state index >= 15 is 0 Å². The van der Waals surface area contributed by atoms with Crippen LogP contribution < -0.4 is 10.6 Å². The van der Waals surface area contributed by atoms with Gasteiger partial charge in [0.1, 0.15) is 0 Å². The number of aromatic nitrogens is 1. The van der Waals surface area contributed by atoms with Gasteiger partial charge in [0, 0.05) is 30.5 Å². The number of benzene rings is 1. The van der Waals surface area contributed by atoms with Crippen molar-refractivity contribution < 1.29 is 0 Å². The maximum Gasteiger partial charge on any atom is 0.170 e. The van der Waals surface area contributed by atoms with Crippen molar-refractivity contribution in [1.29, 1.82) is 0 Å². The molecule has 0 amide bonds. The summed E-state index contributed by atoms with van der Waals surface area (Å²) in [5.41, 5.74) is 3.39. The molecular formula is C16H19N3S. The number of anilines is 1. The monoisotopic (exact) mass is 285 g/mol. The number of thiocarbonyl (C=S) groups is 1. The van der Waals surface area contributed by atoms with E-state index in [0.29, 0.717) is 5.11 Å². The SMILES string of the molecule is CCc1cccc(NC(=S)NCCc2ccccn2)c1. The summed E-state index contributed by atoms with van der Waals surface area (Å²) in [5.74, 6) is 0. The molecule has 0 saturated heterocycles. The Bertz CT molecular complexity index is 555. The Labute approximate surface area is 125 Å². The van der Waals surface area contributed by atoms with Gasteiger partial charge >= 0.3 is 0 Å². The van der Waals surface area contributed by atoms with Crippen LogP contribution in [0.2, 0.25) is 0 Å². The van der Waals surface area contributed by atoms with Crippen LogP contribution in [0, 0.1) is 0 Å². The fourth-order valence-electron chi connectivity index (χ4n) is 1.89. The average Bonchev–Trinajstić information content (AvgIpc) is 2.48. The van der Waals surface area contributed by atoms with Crippen LogP contribution in [-0.4, -0.2) is 16.6 Å². The van der Waals surface area contributed by atoms with Crippen LogP contribution in [-0.2, 0) is 12.8 Å². The minimum atomic E-state index is 0.647. The van der Waals surface area contributed by atoms with Crippen molar-refractivity contribution in [2.24, 2.45) is 0 Å². The van der Waals surface area contributed by atoms with E-state index in [9.17, 15) is 0 Å². The molecule has 4 heteroatoms. The van der Waals surface area contributed by atoms with Gasteiger partial charge in [0.2, 0.25) is 0 Å². The summed E-state index contributed by atoms with van der Waals surface area (Å²) in [4.78, 5) is 4.28. The lowest BCUT2D eigenvalue weighted by atomic mass is 10.1. The molecule has 104 valence electrons. The Morgan fingerprint density at radius 2 is 2.10 bits per heavy atom. The van der Waals surface area contributed by atoms with Gasteiger partial charge in [-0.3, -0.25) is 4.98 Å². The molecule has 2 aromatic rings. The number of nitrogens with one attached hydrogen (secondary N) is 2. The van der Waals surface area contributed by atoms with Gasteiger partial charge in [-0.1, -0.05) is 25.1 Å². The maximum atomic E-state index is 5.29. The van der Waals surface area contributed by atoms with Crippen LogP contribution in [0.4, 0.5) is 5.69 Å². The van der Waals surface area contributed by atoms with Gasteiger partial charge in [0.05, 0.1) is 0 Å². The Hall–Kier alpha value is -1.94.